The molecule has 0 atom stereocenters. The Morgan fingerprint density at radius 1 is 1.26 bits per heavy atom. The molecule has 0 unspecified atom stereocenters. The highest BCUT2D eigenvalue weighted by Crippen LogP contribution is 2.30. The lowest BCUT2D eigenvalue weighted by Crippen LogP contribution is -2.40. The minimum absolute atomic E-state index is 0.0249. The average molecular weight is 438 g/mol. The number of ether oxygens (including phenoxy) is 1. The normalized spacial score (nSPS) is 14.8. The number of furan rings is 1. The Morgan fingerprint density at radius 2 is 2.06 bits per heavy atom. The number of carbonyl (C=O) groups is 1. The largest absolute Gasteiger partial charge is 0.497 e. The van der Waals surface area contributed by atoms with Crippen LogP contribution in [-0.2, 0) is 11.3 Å². The van der Waals surface area contributed by atoms with Crippen molar-refractivity contribution in [1.29, 1.82) is 0 Å². The third kappa shape index (κ3) is 4.13. The van der Waals surface area contributed by atoms with Crippen LogP contribution in [0.1, 0.15) is 18.6 Å². The molecule has 1 aromatic carbocycles. The van der Waals surface area contributed by atoms with Crippen LogP contribution < -0.4 is 15.0 Å². The number of anilines is 1. The lowest BCUT2D eigenvalue weighted by atomic mass is 9.96. The number of hydrogen-bond donors (Lipinski definition) is 1. The van der Waals surface area contributed by atoms with Gasteiger partial charge in [0.2, 0.25) is 16.0 Å². The summed E-state index contributed by atoms with van der Waals surface area (Å²) in [4.78, 5) is 20.3. The van der Waals surface area contributed by atoms with Crippen molar-refractivity contribution in [3.8, 4) is 17.0 Å². The fourth-order valence-corrected chi connectivity index (χ4v) is 4.72. The average Bonchev–Trinajstić information content (AvgIpc) is 3.54. The Bertz CT molecular complexity index is 1130. The summed E-state index contributed by atoms with van der Waals surface area (Å²) in [5.41, 5.74) is 1.92. The zero-order valence-electron chi connectivity index (χ0n) is 17.2. The van der Waals surface area contributed by atoms with Gasteiger partial charge in [-0.2, -0.15) is 0 Å². The molecule has 4 aromatic rings. The number of nitrogens with zero attached hydrogens (tertiary/aromatic N) is 4. The molecule has 4 heterocycles. The van der Waals surface area contributed by atoms with E-state index < -0.39 is 0 Å². The number of rotatable bonds is 6. The number of fused-ring (bicyclic) bond motifs is 1. The molecule has 1 N–H and O–H groups in total. The standard InChI is InChI=1S/C22H23N5O3S/c1-29-17-6-4-15(5-7-17)19-14-27-21(24-19)31-22(25-27)26-10-8-16(9-11-26)20(28)23-13-18-3-2-12-30-18/h2-7,12,14,16H,8-11,13H2,1H3,(H,23,28). The fourth-order valence-electron chi connectivity index (χ4n) is 3.78. The molecular weight excluding hydrogens is 414 g/mol. The first-order valence-corrected chi connectivity index (χ1v) is 11.1. The van der Waals surface area contributed by atoms with Crippen molar-refractivity contribution >= 4 is 27.3 Å². The first kappa shape index (κ1) is 19.6. The Labute approximate surface area is 183 Å². The number of imidazole rings is 1. The summed E-state index contributed by atoms with van der Waals surface area (Å²) in [6.45, 7) is 2.05. The van der Waals surface area contributed by atoms with Gasteiger partial charge in [-0.25, -0.2) is 9.50 Å². The van der Waals surface area contributed by atoms with Crippen LogP contribution in [0.2, 0.25) is 0 Å². The Balaban J connectivity index is 1.19. The van der Waals surface area contributed by atoms with Crippen LogP contribution in [0.4, 0.5) is 5.13 Å². The van der Waals surface area contributed by atoms with Crippen LogP contribution in [0.15, 0.2) is 53.3 Å². The zero-order valence-corrected chi connectivity index (χ0v) is 18.0. The summed E-state index contributed by atoms with van der Waals surface area (Å²) in [5, 5.41) is 8.63. The third-order valence-electron chi connectivity index (χ3n) is 5.57. The molecule has 0 aliphatic carbocycles. The van der Waals surface area contributed by atoms with Gasteiger partial charge in [0.15, 0.2) is 0 Å². The zero-order chi connectivity index (χ0) is 21.2. The van der Waals surface area contributed by atoms with E-state index in [1.807, 2.05) is 47.1 Å². The number of benzene rings is 1. The van der Waals surface area contributed by atoms with Gasteiger partial charge in [0.05, 0.1) is 31.8 Å². The number of piperidine rings is 1. The van der Waals surface area contributed by atoms with Gasteiger partial charge in [-0.15, -0.1) is 5.10 Å². The summed E-state index contributed by atoms with van der Waals surface area (Å²) < 4.78 is 12.3. The Morgan fingerprint density at radius 3 is 2.74 bits per heavy atom. The lowest BCUT2D eigenvalue weighted by molar-refractivity contribution is -0.125. The molecule has 0 bridgehead atoms. The third-order valence-corrected chi connectivity index (χ3v) is 6.55. The van der Waals surface area contributed by atoms with E-state index in [1.165, 1.54) is 0 Å². The van der Waals surface area contributed by atoms with Gasteiger partial charge < -0.3 is 19.4 Å². The summed E-state index contributed by atoms with van der Waals surface area (Å²) >= 11 is 1.57. The van der Waals surface area contributed by atoms with Crippen LogP contribution in [0.25, 0.3) is 16.2 Å². The maximum absolute atomic E-state index is 12.4. The highest BCUT2D eigenvalue weighted by molar-refractivity contribution is 7.20. The molecule has 3 aromatic heterocycles. The highest BCUT2D eigenvalue weighted by Gasteiger charge is 2.27. The molecule has 0 spiro atoms. The van der Waals surface area contributed by atoms with Crippen molar-refractivity contribution < 1.29 is 13.9 Å². The van der Waals surface area contributed by atoms with Crippen LogP contribution in [0.3, 0.4) is 0 Å². The summed E-state index contributed by atoms with van der Waals surface area (Å²) in [7, 11) is 1.66. The smallest absolute Gasteiger partial charge is 0.223 e. The van der Waals surface area contributed by atoms with Crippen LogP contribution >= 0.6 is 11.3 Å². The Kier molecular flexibility index (Phi) is 5.33. The van der Waals surface area contributed by atoms with E-state index in [0.29, 0.717) is 6.54 Å². The number of carbonyl (C=O) groups excluding carboxylic acids is 1. The predicted octanol–water partition coefficient (Wildman–Crippen LogP) is 3.59. The second kappa shape index (κ2) is 8.43. The van der Waals surface area contributed by atoms with Gasteiger partial charge in [-0.1, -0.05) is 11.3 Å². The molecule has 1 saturated heterocycles. The molecule has 1 amide bonds. The quantitative estimate of drug-likeness (QED) is 0.496. The number of methoxy groups -OCH3 is 1. The molecule has 1 aliphatic rings. The van der Waals surface area contributed by atoms with Crippen molar-refractivity contribution in [3.05, 3.63) is 54.6 Å². The van der Waals surface area contributed by atoms with Gasteiger partial charge in [-0.05, 0) is 49.2 Å². The fraction of sp³-hybridized carbons (Fsp3) is 0.318. The molecule has 0 radical (unpaired) electrons. The summed E-state index contributed by atoms with van der Waals surface area (Å²) in [5.74, 6) is 1.71. The molecule has 1 fully saturated rings. The number of nitrogens with one attached hydrogen (secondary N) is 1. The van der Waals surface area contributed by atoms with Gasteiger partial charge in [0.25, 0.3) is 0 Å². The van der Waals surface area contributed by atoms with Gasteiger partial charge in [0, 0.05) is 24.6 Å². The molecule has 9 heteroatoms. The Hall–Kier alpha value is -3.33. The molecular formula is C22H23N5O3S. The van der Waals surface area contributed by atoms with Crippen LogP contribution in [0, 0.1) is 5.92 Å². The molecule has 5 rings (SSSR count). The van der Waals surface area contributed by atoms with E-state index in [9.17, 15) is 4.79 Å². The minimum Gasteiger partial charge on any atom is -0.497 e. The van der Waals surface area contributed by atoms with Gasteiger partial charge in [-0.3, -0.25) is 4.79 Å². The molecule has 1 aliphatic heterocycles. The second-order valence-corrected chi connectivity index (χ2v) is 8.46. The van der Waals surface area contributed by atoms with E-state index >= 15 is 0 Å². The van der Waals surface area contributed by atoms with Crippen LogP contribution in [-0.4, -0.2) is 40.7 Å². The SMILES string of the molecule is COc1ccc(-c2cn3nc(N4CCC(C(=O)NCc5ccco5)CC4)sc3n2)cc1. The molecule has 8 nitrogen and oxygen atoms in total. The number of hydrogen-bond acceptors (Lipinski definition) is 7. The summed E-state index contributed by atoms with van der Waals surface area (Å²) in [6.07, 6.45) is 5.18. The maximum Gasteiger partial charge on any atom is 0.223 e. The second-order valence-electron chi connectivity index (χ2n) is 7.52. The molecule has 31 heavy (non-hydrogen) atoms. The number of amides is 1. The van der Waals surface area contributed by atoms with Crippen molar-refractivity contribution in [1.82, 2.24) is 19.9 Å². The first-order chi connectivity index (χ1) is 15.2. The first-order valence-electron chi connectivity index (χ1n) is 10.3. The van der Waals surface area contributed by atoms with Gasteiger partial charge >= 0.3 is 0 Å². The van der Waals surface area contributed by atoms with E-state index in [1.54, 1.807) is 24.7 Å². The molecule has 160 valence electrons. The highest BCUT2D eigenvalue weighted by atomic mass is 32.1. The van der Waals surface area contributed by atoms with E-state index in [2.05, 4.69) is 10.2 Å². The predicted molar refractivity (Wildman–Crippen MR) is 118 cm³/mol. The van der Waals surface area contributed by atoms with Crippen molar-refractivity contribution in [2.75, 3.05) is 25.1 Å². The van der Waals surface area contributed by atoms with E-state index in [0.717, 1.165) is 58.8 Å². The monoisotopic (exact) mass is 437 g/mol. The van der Waals surface area contributed by atoms with Gasteiger partial charge in [0.1, 0.15) is 11.5 Å². The number of aromatic nitrogens is 3. The van der Waals surface area contributed by atoms with Crippen molar-refractivity contribution in [3.63, 3.8) is 0 Å². The van der Waals surface area contributed by atoms with E-state index in [4.69, 9.17) is 19.2 Å². The van der Waals surface area contributed by atoms with Crippen molar-refractivity contribution in [2.24, 2.45) is 5.92 Å². The lowest BCUT2D eigenvalue weighted by Gasteiger charge is -2.30. The minimum atomic E-state index is 0.0249. The van der Waals surface area contributed by atoms with Crippen molar-refractivity contribution in [2.45, 2.75) is 19.4 Å². The van der Waals surface area contributed by atoms with E-state index in [-0.39, 0.29) is 11.8 Å². The van der Waals surface area contributed by atoms with Crippen LogP contribution in [0.5, 0.6) is 5.75 Å². The summed E-state index contributed by atoms with van der Waals surface area (Å²) in [6, 6.07) is 11.5. The molecule has 0 saturated carbocycles. The maximum atomic E-state index is 12.4. The topological polar surface area (TPSA) is 84.9 Å².